The Kier molecular flexibility index (Phi) is 9.74. The van der Waals surface area contributed by atoms with Crippen molar-refractivity contribution in [3.63, 3.8) is 0 Å². The quantitative estimate of drug-likeness (QED) is 0.165. The molecule has 4 heterocycles. The van der Waals surface area contributed by atoms with Crippen LogP contribution in [0.25, 0.3) is 89.0 Å². The fourth-order valence-corrected chi connectivity index (χ4v) is 16.2. The monoisotopic (exact) mass is 1060 g/mol. The third kappa shape index (κ3) is 6.49. The van der Waals surface area contributed by atoms with E-state index in [4.69, 9.17) is 4.98 Å². The number of benzene rings is 9. The number of fused-ring (bicyclic) bond motifs is 18. The zero-order valence-electron chi connectivity index (χ0n) is 50.4. The summed E-state index contributed by atoms with van der Waals surface area (Å²) in [5.41, 5.74) is 32.3. The minimum atomic E-state index is -0.307. The van der Waals surface area contributed by atoms with Crippen LogP contribution in [0.1, 0.15) is 154 Å². The summed E-state index contributed by atoms with van der Waals surface area (Å²) in [5, 5.41) is 2.70. The molecule has 0 N–H and O–H groups in total. The van der Waals surface area contributed by atoms with Gasteiger partial charge in [-0.05, 0) is 184 Å². The Bertz CT molecular complexity index is 4620. The highest BCUT2D eigenvalue weighted by atomic mass is 15.1. The van der Waals surface area contributed by atoms with Crippen molar-refractivity contribution < 1.29 is 0 Å². The maximum Gasteiger partial charge on any atom is 0.333 e. The van der Waals surface area contributed by atoms with E-state index in [2.05, 4.69) is 275 Å². The number of para-hydroxylation sites is 1. The largest absolute Gasteiger partial charge is 0.376 e. The molecule has 16 rings (SSSR count). The summed E-state index contributed by atoms with van der Waals surface area (Å²) < 4.78 is 5.11. The van der Waals surface area contributed by atoms with E-state index in [1.54, 1.807) is 0 Å². The Morgan fingerprint density at radius 1 is 0.463 bits per heavy atom. The molecule has 5 heteroatoms. The molecule has 404 valence electrons. The van der Waals surface area contributed by atoms with Crippen LogP contribution in [-0.2, 0) is 32.5 Å². The molecular formula is C77H73BN4. The molecule has 0 saturated carbocycles. The highest BCUT2D eigenvalue weighted by Gasteiger charge is 2.52. The van der Waals surface area contributed by atoms with E-state index >= 15 is 0 Å². The fraction of sp³-hybridized carbons (Fsp3) is 0.286. The first-order valence-corrected chi connectivity index (χ1v) is 30.2. The molecule has 0 atom stereocenters. The predicted molar refractivity (Wildman–Crippen MR) is 348 cm³/mol. The van der Waals surface area contributed by atoms with E-state index in [1.165, 1.54) is 141 Å². The summed E-state index contributed by atoms with van der Waals surface area (Å²) in [7, 11) is 0. The van der Waals surface area contributed by atoms with Crippen molar-refractivity contribution in [1.82, 2.24) is 14.1 Å². The Labute approximate surface area is 485 Å². The van der Waals surface area contributed by atoms with Gasteiger partial charge in [0.25, 0.3) is 0 Å². The van der Waals surface area contributed by atoms with Crippen LogP contribution in [0.15, 0.2) is 164 Å². The molecule has 82 heavy (non-hydrogen) atoms. The second-order valence-electron chi connectivity index (χ2n) is 29.4. The maximum atomic E-state index is 5.74. The lowest BCUT2D eigenvalue weighted by atomic mass is 9.43. The molecule has 0 fully saturated rings. The molecule has 0 bridgehead atoms. The van der Waals surface area contributed by atoms with Crippen molar-refractivity contribution >= 4 is 62.0 Å². The molecule has 4 nitrogen and oxygen atoms in total. The SMILES string of the molecule is CC(C)(C)c1ccc(N2B3c4cc5nc(-c6ccccc6)n(-c6ccccc6)c5cc4-n4c5ccc(C(C)(C)C)cc5c5c6c(c(c3c54)-c3cc4c(cc32)-c2cc3c(cc2C4(C)C)C(C)(C)CCC3(C)C)-c2ccccc2C6(C)C)cc1. The van der Waals surface area contributed by atoms with E-state index < -0.39 is 0 Å². The maximum absolute atomic E-state index is 5.74. The summed E-state index contributed by atoms with van der Waals surface area (Å²) in [5.74, 6) is 0.936. The molecule has 11 aromatic rings. The van der Waals surface area contributed by atoms with Gasteiger partial charge in [0, 0.05) is 55.5 Å². The van der Waals surface area contributed by atoms with Gasteiger partial charge in [-0.1, -0.05) is 194 Å². The molecule has 2 aliphatic heterocycles. The summed E-state index contributed by atoms with van der Waals surface area (Å²) >= 11 is 0. The molecule has 9 aromatic carbocycles. The average molecular weight is 1070 g/mol. The van der Waals surface area contributed by atoms with Gasteiger partial charge in [-0.2, -0.15) is 0 Å². The Morgan fingerprint density at radius 2 is 1.07 bits per heavy atom. The minimum absolute atomic E-state index is 0.0145. The van der Waals surface area contributed by atoms with Gasteiger partial charge < -0.3 is 9.38 Å². The average Bonchev–Trinajstić information content (AvgIpc) is 3.09. The zero-order chi connectivity index (χ0) is 56.7. The summed E-state index contributed by atoms with van der Waals surface area (Å²) in [6, 6.07) is 63.8. The first-order valence-electron chi connectivity index (χ1n) is 30.2. The van der Waals surface area contributed by atoms with Gasteiger partial charge in [-0.3, -0.25) is 4.57 Å². The molecule has 0 radical (unpaired) electrons. The predicted octanol–water partition coefficient (Wildman–Crippen LogP) is 18.6. The Morgan fingerprint density at radius 3 is 1.77 bits per heavy atom. The lowest BCUT2D eigenvalue weighted by Gasteiger charge is -2.43. The summed E-state index contributed by atoms with van der Waals surface area (Å²) in [6.45, 7) is 33.8. The molecule has 2 aromatic heterocycles. The Balaban J connectivity index is 1.11. The third-order valence-electron chi connectivity index (χ3n) is 20.8. The van der Waals surface area contributed by atoms with Crippen molar-refractivity contribution in [1.29, 1.82) is 0 Å². The summed E-state index contributed by atoms with van der Waals surface area (Å²) in [6.07, 6.45) is 2.37. The summed E-state index contributed by atoms with van der Waals surface area (Å²) in [4.78, 5) is 8.51. The topological polar surface area (TPSA) is 26.0 Å². The standard InChI is InChI=1S/C77H73BN4/c1-72(2,3)45-29-32-48(33-30-45)82-62-40-51-50-38-57-58(75(9,10)36-35-74(57,7)8)41-56(50)76(11,12)55(51)39-53(62)66-65-49-27-21-22-28-54(49)77(13,14)68(65)67-52-37-46(73(4,5)6)31-34-61(52)81-63-43-64-60(42-59(63)78(82)69(66)70(67)81)79-71(44-23-17-15-18-24-44)80(64)47-25-19-16-20-26-47/h15-34,37-43H,35-36H2,1-14H3. The number of hydrogen-bond acceptors (Lipinski definition) is 2. The highest BCUT2D eigenvalue weighted by Crippen LogP contribution is 2.62. The number of hydrogen-bond donors (Lipinski definition) is 0. The van der Waals surface area contributed by atoms with Gasteiger partial charge in [0.2, 0.25) is 0 Å². The van der Waals surface area contributed by atoms with Crippen molar-refractivity contribution in [2.45, 2.75) is 142 Å². The lowest BCUT2D eigenvalue weighted by Crippen LogP contribution is -2.60. The molecule has 0 unspecified atom stereocenters. The van der Waals surface area contributed by atoms with E-state index in [0.717, 1.165) is 28.1 Å². The van der Waals surface area contributed by atoms with Crippen molar-refractivity contribution in [3.8, 4) is 56.1 Å². The van der Waals surface area contributed by atoms with Crippen LogP contribution in [0.5, 0.6) is 0 Å². The van der Waals surface area contributed by atoms with Gasteiger partial charge in [-0.15, -0.1) is 0 Å². The molecule has 5 aliphatic rings. The van der Waals surface area contributed by atoms with Gasteiger partial charge >= 0.3 is 6.85 Å². The first kappa shape index (κ1) is 49.9. The van der Waals surface area contributed by atoms with E-state index in [0.29, 0.717) is 0 Å². The van der Waals surface area contributed by atoms with Crippen LogP contribution in [-0.4, -0.2) is 21.0 Å². The van der Waals surface area contributed by atoms with Crippen molar-refractivity contribution in [2.75, 3.05) is 4.81 Å². The van der Waals surface area contributed by atoms with Gasteiger partial charge in [0.15, 0.2) is 0 Å². The number of aromatic nitrogens is 3. The fourth-order valence-electron chi connectivity index (χ4n) is 16.2. The van der Waals surface area contributed by atoms with Gasteiger partial charge in [0.1, 0.15) is 5.82 Å². The van der Waals surface area contributed by atoms with E-state index in [9.17, 15) is 0 Å². The lowest BCUT2D eigenvalue weighted by molar-refractivity contribution is 0.331. The first-order chi connectivity index (χ1) is 38.9. The number of anilines is 2. The number of imidazole rings is 1. The molecule has 0 saturated heterocycles. The number of nitrogens with zero attached hydrogens (tertiary/aromatic N) is 4. The van der Waals surface area contributed by atoms with Crippen LogP contribution in [0.3, 0.4) is 0 Å². The minimum Gasteiger partial charge on any atom is -0.376 e. The second kappa shape index (κ2) is 16.0. The van der Waals surface area contributed by atoms with Crippen LogP contribution in [0.2, 0.25) is 0 Å². The van der Waals surface area contributed by atoms with Crippen LogP contribution < -0.4 is 15.7 Å². The molecule has 0 amide bonds. The van der Waals surface area contributed by atoms with Gasteiger partial charge in [0.05, 0.1) is 22.1 Å². The zero-order valence-corrected chi connectivity index (χ0v) is 50.4. The van der Waals surface area contributed by atoms with E-state index in [-0.39, 0.29) is 39.3 Å². The van der Waals surface area contributed by atoms with Crippen molar-refractivity contribution in [3.05, 3.63) is 208 Å². The van der Waals surface area contributed by atoms with Gasteiger partial charge in [-0.25, -0.2) is 4.98 Å². The van der Waals surface area contributed by atoms with Crippen LogP contribution in [0, 0.1) is 0 Å². The third-order valence-corrected chi connectivity index (χ3v) is 20.8. The highest BCUT2D eigenvalue weighted by molar-refractivity contribution is 6.94. The van der Waals surface area contributed by atoms with Crippen molar-refractivity contribution in [2.24, 2.45) is 0 Å². The van der Waals surface area contributed by atoms with Crippen LogP contribution >= 0.6 is 0 Å². The molecule has 3 aliphatic carbocycles. The smallest absolute Gasteiger partial charge is 0.333 e. The molecule has 0 spiro atoms. The Hall–Kier alpha value is -7.89. The molecular weight excluding hydrogens is 992 g/mol. The van der Waals surface area contributed by atoms with Crippen LogP contribution in [0.4, 0.5) is 11.4 Å². The second-order valence-corrected chi connectivity index (χ2v) is 29.4. The normalized spacial score (nSPS) is 17.1. The number of rotatable bonds is 3. The van der Waals surface area contributed by atoms with E-state index in [1.807, 2.05) is 0 Å².